The van der Waals surface area contributed by atoms with Gasteiger partial charge in [-0.15, -0.1) is 11.3 Å². The van der Waals surface area contributed by atoms with Gasteiger partial charge in [-0.1, -0.05) is 32.9 Å². The monoisotopic (exact) mass is 383 g/mol. The van der Waals surface area contributed by atoms with E-state index in [1.54, 1.807) is 4.90 Å². The lowest BCUT2D eigenvalue weighted by molar-refractivity contribution is -0.122. The van der Waals surface area contributed by atoms with Crippen LogP contribution in [0.5, 0.6) is 0 Å². The largest absolute Gasteiger partial charge is 0.302 e. The zero-order valence-electron chi connectivity index (χ0n) is 15.4. The highest BCUT2D eigenvalue weighted by molar-refractivity contribution is 7.13. The molecule has 2 N–H and O–H groups in total. The van der Waals surface area contributed by atoms with E-state index in [0.29, 0.717) is 17.5 Å². The standard InChI is InChI=1S/C19H21N5O2S/c1-19(2,3)14-10-27-18(20-14)21-17(26)11-8-15(25)24(9-11)16-12-6-4-5-7-13(12)22-23-16/h4-7,10-11H,8-9H2,1-3H3,(H,22,23)(H,20,21,26)/t11-/m1/s1. The van der Waals surface area contributed by atoms with E-state index in [0.717, 1.165) is 16.6 Å². The van der Waals surface area contributed by atoms with Crippen LogP contribution >= 0.6 is 11.3 Å². The molecule has 0 saturated carbocycles. The molecule has 1 aliphatic heterocycles. The predicted molar refractivity (Wildman–Crippen MR) is 106 cm³/mol. The van der Waals surface area contributed by atoms with Crippen LogP contribution in [0.4, 0.5) is 10.9 Å². The third-order valence-electron chi connectivity index (χ3n) is 4.70. The number of fused-ring (bicyclic) bond motifs is 1. The maximum Gasteiger partial charge on any atom is 0.231 e. The van der Waals surface area contributed by atoms with E-state index < -0.39 is 5.92 Å². The smallest absolute Gasteiger partial charge is 0.231 e. The lowest BCUT2D eigenvalue weighted by Crippen LogP contribution is -2.28. The summed E-state index contributed by atoms with van der Waals surface area (Å²) in [7, 11) is 0. The Kier molecular flexibility index (Phi) is 4.22. The number of carbonyl (C=O) groups excluding carboxylic acids is 2. The zero-order valence-corrected chi connectivity index (χ0v) is 16.3. The fraction of sp³-hybridized carbons (Fsp3) is 0.368. The first-order chi connectivity index (χ1) is 12.8. The van der Waals surface area contributed by atoms with Crippen molar-refractivity contribution in [2.75, 3.05) is 16.8 Å². The molecule has 3 aromatic rings. The number of carbonyl (C=O) groups is 2. The van der Waals surface area contributed by atoms with E-state index >= 15 is 0 Å². The first-order valence-corrected chi connectivity index (χ1v) is 9.71. The third kappa shape index (κ3) is 3.32. The van der Waals surface area contributed by atoms with Gasteiger partial charge < -0.3 is 5.32 Å². The Labute approximate surface area is 160 Å². The van der Waals surface area contributed by atoms with Gasteiger partial charge in [0.05, 0.1) is 17.1 Å². The van der Waals surface area contributed by atoms with Crippen molar-refractivity contribution >= 4 is 45.0 Å². The molecule has 140 valence electrons. The first-order valence-electron chi connectivity index (χ1n) is 8.83. The number of amides is 2. The van der Waals surface area contributed by atoms with Gasteiger partial charge in [0.2, 0.25) is 11.8 Å². The lowest BCUT2D eigenvalue weighted by Gasteiger charge is -2.14. The van der Waals surface area contributed by atoms with Crippen molar-refractivity contribution in [1.82, 2.24) is 15.2 Å². The second-order valence-electron chi connectivity index (χ2n) is 7.78. The minimum absolute atomic E-state index is 0.0688. The molecule has 4 rings (SSSR count). The SMILES string of the molecule is CC(C)(C)c1csc(NC(=O)[C@@H]2CC(=O)N(c3n[nH]c4ccccc34)C2)n1. The van der Waals surface area contributed by atoms with Gasteiger partial charge in [0, 0.05) is 29.1 Å². The Balaban J connectivity index is 1.49. The van der Waals surface area contributed by atoms with Gasteiger partial charge in [0.25, 0.3) is 0 Å². The quantitative estimate of drug-likeness (QED) is 0.726. The van der Waals surface area contributed by atoms with Crippen molar-refractivity contribution in [2.24, 2.45) is 5.92 Å². The maximum atomic E-state index is 12.6. The van der Waals surface area contributed by atoms with Gasteiger partial charge in [-0.3, -0.25) is 19.6 Å². The number of aromatic nitrogens is 3. The number of hydrogen-bond donors (Lipinski definition) is 2. The molecule has 0 spiro atoms. The van der Waals surface area contributed by atoms with Gasteiger partial charge in [0.15, 0.2) is 10.9 Å². The summed E-state index contributed by atoms with van der Waals surface area (Å²) in [6.07, 6.45) is 0.171. The molecule has 8 heteroatoms. The van der Waals surface area contributed by atoms with Gasteiger partial charge in [0.1, 0.15) is 0 Å². The van der Waals surface area contributed by atoms with E-state index in [1.807, 2.05) is 29.6 Å². The van der Waals surface area contributed by atoms with Crippen LogP contribution in [-0.2, 0) is 15.0 Å². The summed E-state index contributed by atoms with van der Waals surface area (Å²) in [6.45, 7) is 6.55. The summed E-state index contributed by atoms with van der Waals surface area (Å²) >= 11 is 1.41. The van der Waals surface area contributed by atoms with E-state index in [4.69, 9.17) is 0 Å². The number of hydrogen-bond acceptors (Lipinski definition) is 5. The normalized spacial score (nSPS) is 17.7. The van der Waals surface area contributed by atoms with Gasteiger partial charge in [-0.05, 0) is 12.1 Å². The average molecular weight is 383 g/mol. The van der Waals surface area contributed by atoms with Crippen LogP contribution in [0.3, 0.4) is 0 Å². The number of benzene rings is 1. The summed E-state index contributed by atoms with van der Waals surface area (Å²) in [6, 6.07) is 7.64. The summed E-state index contributed by atoms with van der Waals surface area (Å²) in [5.41, 5.74) is 1.74. The molecule has 27 heavy (non-hydrogen) atoms. The number of nitrogens with one attached hydrogen (secondary N) is 2. The molecule has 3 heterocycles. The summed E-state index contributed by atoms with van der Waals surface area (Å²) < 4.78 is 0. The topological polar surface area (TPSA) is 91.0 Å². The first kappa shape index (κ1) is 17.7. The lowest BCUT2D eigenvalue weighted by atomic mass is 9.93. The van der Waals surface area contributed by atoms with Crippen LogP contribution in [0.15, 0.2) is 29.6 Å². The molecule has 2 aromatic heterocycles. The van der Waals surface area contributed by atoms with Crippen molar-refractivity contribution in [1.29, 1.82) is 0 Å². The summed E-state index contributed by atoms with van der Waals surface area (Å²) in [5.74, 6) is -0.118. The Morgan fingerprint density at radius 2 is 2.11 bits per heavy atom. The van der Waals surface area contributed by atoms with Gasteiger partial charge >= 0.3 is 0 Å². The molecule has 0 aliphatic carbocycles. The van der Waals surface area contributed by atoms with E-state index in [2.05, 4.69) is 41.3 Å². The Hall–Kier alpha value is -2.74. The molecule has 0 unspecified atom stereocenters. The van der Waals surface area contributed by atoms with E-state index in [9.17, 15) is 9.59 Å². The minimum atomic E-state index is -0.421. The molecule has 7 nitrogen and oxygen atoms in total. The number of thiazole rings is 1. The van der Waals surface area contributed by atoms with Crippen LogP contribution in [0.1, 0.15) is 32.9 Å². The molecule has 1 atom stereocenters. The molecule has 1 saturated heterocycles. The zero-order chi connectivity index (χ0) is 19.2. The van der Waals surface area contributed by atoms with Crippen LogP contribution in [-0.4, -0.2) is 33.5 Å². The molecular formula is C19H21N5O2S. The number of H-pyrrole nitrogens is 1. The number of rotatable bonds is 3. The number of para-hydroxylation sites is 1. The van der Waals surface area contributed by atoms with Crippen LogP contribution in [0, 0.1) is 5.92 Å². The molecule has 1 aromatic carbocycles. The van der Waals surface area contributed by atoms with Gasteiger partial charge in [-0.2, -0.15) is 5.10 Å². The van der Waals surface area contributed by atoms with Crippen LogP contribution < -0.4 is 10.2 Å². The van der Waals surface area contributed by atoms with Crippen molar-refractivity contribution in [3.8, 4) is 0 Å². The summed E-state index contributed by atoms with van der Waals surface area (Å²) in [4.78, 5) is 31.2. The predicted octanol–water partition coefficient (Wildman–Crippen LogP) is 3.31. The molecule has 1 fully saturated rings. The van der Waals surface area contributed by atoms with Crippen molar-refractivity contribution in [2.45, 2.75) is 32.6 Å². The maximum absolute atomic E-state index is 12.6. The molecule has 1 aliphatic rings. The van der Waals surface area contributed by atoms with Crippen molar-refractivity contribution in [3.05, 3.63) is 35.3 Å². The average Bonchev–Trinajstić information content (AvgIpc) is 3.32. The molecule has 2 amide bonds. The second kappa shape index (κ2) is 6.45. The Morgan fingerprint density at radius 1 is 1.33 bits per heavy atom. The number of nitrogens with zero attached hydrogens (tertiary/aromatic N) is 3. The molecular weight excluding hydrogens is 362 g/mol. The molecule has 0 radical (unpaired) electrons. The Morgan fingerprint density at radius 3 is 2.85 bits per heavy atom. The third-order valence-corrected chi connectivity index (χ3v) is 5.46. The van der Waals surface area contributed by atoms with E-state index in [-0.39, 0.29) is 23.7 Å². The Bertz CT molecular complexity index is 1020. The van der Waals surface area contributed by atoms with E-state index in [1.165, 1.54) is 11.3 Å². The highest BCUT2D eigenvalue weighted by atomic mass is 32.1. The van der Waals surface area contributed by atoms with Crippen molar-refractivity contribution in [3.63, 3.8) is 0 Å². The minimum Gasteiger partial charge on any atom is -0.302 e. The molecule has 0 bridgehead atoms. The second-order valence-corrected chi connectivity index (χ2v) is 8.63. The van der Waals surface area contributed by atoms with Crippen LogP contribution in [0.25, 0.3) is 10.9 Å². The summed E-state index contributed by atoms with van der Waals surface area (Å²) in [5, 5.41) is 13.5. The van der Waals surface area contributed by atoms with Crippen molar-refractivity contribution < 1.29 is 9.59 Å². The fourth-order valence-electron chi connectivity index (χ4n) is 3.13. The number of anilines is 2. The van der Waals surface area contributed by atoms with Crippen LogP contribution in [0.2, 0.25) is 0 Å². The van der Waals surface area contributed by atoms with Gasteiger partial charge in [-0.25, -0.2) is 4.98 Å². The number of aromatic amines is 1. The fourth-order valence-corrected chi connectivity index (χ4v) is 4.07. The highest BCUT2D eigenvalue weighted by Crippen LogP contribution is 2.31. The highest BCUT2D eigenvalue weighted by Gasteiger charge is 2.37.